The van der Waals surface area contributed by atoms with Crippen molar-refractivity contribution in [2.24, 2.45) is 5.92 Å². The first-order valence-corrected chi connectivity index (χ1v) is 14.8. The van der Waals surface area contributed by atoms with Crippen LogP contribution in [0.4, 0.5) is 4.79 Å². The monoisotopic (exact) mass is 656 g/mol. The number of carbonyl (C=O) groups excluding carboxylic acids is 2. The van der Waals surface area contributed by atoms with Crippen molar-refractivity contribution in [1.82, 2.24) is 10.6 Å². The predicted octanol–water partition coefficient (Wildman–Crippen LogP) is 6.07. The summed E-state index contributed by atoms with van der Waals surface area (Å²) < 4.78 is 10.1. The third kappa shape index (κ3) is 12.9. The van der Waals surface area contributed by atoms with Crippen LogP contribution in [0.15, 0.2) is 36.4 Å². The van der Waals surface area contributed by atoms with Crippen LogP contribution in [0.3, 0.4) is 0 Å². The lowest BCUT2D eigenvalue weighted by atomic mass is 9.85. The molecule has 2 aromatic rings. The Kier molecular flexibility index (Phi) is 16.4. The van der Waals surface area contributed by atoms with Crippen LogP contribution in [0.5, 0.6) is 11.5 Å². The molecule has 0 aromatic heterocycles. The molecule has 13 heteroatoms. The number of benzene rings is 2. The van der Waals surface area contributed by atoms with Crippen molar-refractivity contribution >= 4 is 47.1 Å². The highest BCUT2D eigenvalue weighted by molar-refractivity contribution is 6.32. The van der Waals surface area contributed by atoms with Crippen molar-refractivity contribution in [1.29, 1.82) is 0 Å². The molecule has 0 aliphatic heterocycles. The second-order valence-electron chi connectivity index (χ2n) is 10.5. The number of nitrogens with one attached hydrogen (secondary N) is 2. The first-order chi connectivity index (χ1) is 20.7. The second kappa shape index (κ2) is 18.9. The lowest BCUT2D eigenvalue weighted by Crippen LogP contribution is -2.56. The van der Waals surface area contributed by atoms with E-state index in [2.05, 4.69) is 10.6 Å². The van der Waals surface area contributed by atoms with Crippen LogP contribution in [0, 0.1) is 5.92 Å². The van der Waals surface area contributed by atoms with Crippen molar-refractivity contribution in [3.05, 3.63) is 57.6 Å². The summed E-state index contributed by atoms with van der Waals surface area (Å²) in [5.41, 5.74) is 0.162. The topological polar surface area (TPSA) is 171 Å². The molecule has 0 radical (unpaired) electrons. The van der Waals surface area contributed by atoms with Gasteiger partial charge in [-0.05, 0) is 61.1 Å². The van der Waals surface area contributed by atoms with Gasteiger partial charge in [0.25, 0.3) is 0 Å². The van der Waals surface area contributed by atoms with Gasteiger partial charge >= 0.3 is 12.1 Å². The second-order valence-corrected chi connectivity index (χ2v) is 11.3. The molecule has 3 rings (SSSR count). The summed E-state index contributed by atoms with van der Waals surface area (Å²) in [4.78, 5) is 44.1. The Balaban J connectivity index is 0.000000397. The van der Waals surface area contributed by atoms with Gasteiger partial charge in [-0.25, -0.2) is 9.59 Å². The summed E-state index contributed by atoms with van der Waals surface area (Å²) >= 11 is 12.2. The van der Waals surface area contributed by atoms with Gasteiger partial charge in [-0.1, -0.05) is 68.4 Å². The molecule has 0 bridgehead atoms. The van der Waals surface area contributed by atoms with E-state index in [0.29, 0.717) is 46.0 Å². The molecular formula is C31H42Cl2N2O9. The maximum atomic E-state index is 12.2. The lowest BCUT2D eigenvalue weighted by molar-refractivity contribution is -0.149. The number of hydrogen-bond acceptors (Lipinski definition) is 6. The number of carboxylic acids is 1. The van der Waals surface area contributed by atoms with Crippen LogP contribution < -0.4 is 20.1 Å². The smallest absolute Gasteiger partial charge is 0.497 e. The van der Waals surface area contributed by atoms with Crippen molar-refractivity contribution in [2.45, 2.75) is 77.3 Å². The van der Waals surface area contributed by atoms with Crippen LogP contribution >= 0.6 is 23.2 Å². The molecule has 2 unspecified atom stereocenters. The van der Waals surface area contributed by atoms with E-state index in [0.717, 1.165) is 18.4 Å². The minimum absolute atomic E-state index is 0.0160. The van der Waals surface area contributed by atoms with Crippen molar-refractivity contribution < 1.29 is 44.0 Å². The normalized spacial score (nSPS) is 14.3. The first kappa shape index (κ1) is 38.3. The molecule has 1 fully saturated rings. The summed E-state index contributed by atoms with van der Waals surface area (Å²) in [5.74, 6) is -0.258. The third-order valence-corrected chi connectivity index (χ3v) is 8.09. The molecule has 0 heterocycles. The molecule has 1 aliphatic carbocycles. The number of carboxylic acid groups (broad SMARTS) is 3. The molecule has 1 saturated carbocycles. The molecule has 2 aromatic carbocycles. The maximum Gasteiger partial charge on any atom is 0.503 e. The minimum Gasteiger partial charge on any atom is -0.497 e. The molecule has 2 amide bonds. The fourth-order valence-corrected chi connectivity index (χ4v) is 4.90. The van der Waals surface area contributed by atoms with Gasteiger partial charge < -0.3 is 35.4 Å². The van der Waals surface area contributed by atoms with E-state index in [9.17, 15) is 19.5 Å². The number of rotatable bonds is 11. The summed E-state index contributed by atoms with van der Waals surface area (Å²) in [6, 6.07) is 10.8. The molecule has 11 nitrogen and oxygen atoms in total. The number of halogens is 2. The van der Waals surface area contributed by atoms with Crippen LogP contribution in [0.2, 0.25) is 10.0 Å². The summed E-state index contributed by atoms with van der Waals surface area (Å²) in [7, 11) is 3.13. The average molecular weight is 658 g/mol. The maximum absolute atomic E-state index is 12.2. The SMILES string of the molecule is CCC(C)C(C)(NC(=O)Cc1ccc(OC)cc1Cl)C(=O)O.COc1ccc(CC(=O)NC2CCCC2)c(Cl)c1.O=C(O)O. The van der Waals surface area contributed by atoms with Crippen LogP contribution in [0.1, 0.15) is 64.0 Å². The molecule has 1 aliphatic rings. The van der Waals surface area contributed by atoms with Gasteiger partial charge in [0.05, 0.1) is 27.1 Å². The van der Waals surface area contributed by atoms with E-state index in [1.54, 1.807) is 38.3 Å². The summed E-state index contributed by atoms with van der Waals surface area (Å²) in [6.07, 6.45) is 3.79. The van der Waals surface area contributed by atoms with Crippen molar-refractivity contribution in [3.8, 4) is 11.5 Å². The highest BCUT2D eigenvalue weighted by atomic mass is 35.5. The average Bonchev–Trinajstić information content (AvgIpc) is 3.47. The van der Waals surface area contributed by atoms with E-state index in [1.807, 2.05) is 19.1 Å². The molecule has 5 N–H and O–H groups in total. The van der Waals surface area contributed by atoms with Crippen LogP contribution in [-0.2, 0) is 27.2 Å². The number of hydrogen-bond donors (Lipinski definition) is 5. The van der Waals surface area contributed by atoms with Gasteiger partial charge in [-0.15, -0.1) is 0 Å². The lowest BCUT2D eigenvalue weighted by Gasteiger charge is -2.32. The molecular weight excluding hydrogens is 615 g/mol. The molecule has 44 heavy (non-hydrogen) atoms. The zero-order chi connectivity index (χ0) is 33.4. The number of ether oxygens (including phenoxy) is 2. The number of carbonyl (C=O) groups is 4. The van der Waals surface area contributed by atoms with E-state index in [4.69, 9.17) is 47.7 Å². The summed E-state index contributed by atoms with van der Waals surface area (Å²) in [6.45, 7) is 5.21. The summed E-state index contributed by atoms with van der Waals surface area (Å²) in [5, 5.41) is 30.0. The standard InChI is InChI=1S/C16H22ClNO4.C14H18ClNO2.CH2O3/c1-5-10(2)16(3,15(20)21)18-14(19)8-11-6-7-12(22-4)9-13(11)17;1-18-12-7-6-10(13(15)9-12)8-14(17)16-11-4-2-3-5-11;2-1(3)4/h6-7,9-10H,5,8H2,1-4H3,(H,18,19)(H,20,21);6-7,9,11H,2-5,8H2,1H3,(H,16,17);(H2,2,3,4). The molecule has 0 spiro atoms. The minimum atomic E-state index is -1.83. The highest BCUT2D eigenvalue weighted by Gasteiger charge is 2.39. The number of aliphatic carboxylic acids is 1. The zero-order valence-corrected chi connectivity index (χ0v) is 27.1. The predicted molar refractivity (Wildman–Crippen MR) is 168 cm³/mol. The van der Waals surface area contributed by atoms with Gasteiger partial charge in [-0.3, -0.25) is 9.59 Å². The van der Waals surface area contributed by atoms with Gasteiger partial charge in [0.1, 0.15) is 17.0 Å². The number of methoxy groups -OCH3 is 2. The van der Waals surface area contributed by atoms with E-state index >= 15 is 0 Å². The highest BCUT2D eigenvalue weighted by Crippen LogP contribution is 2.25. The van der Waals surface area contributed by atoms with Crippen LogP contribution in [-0.4, -0.2) is 65.1 Å². The zero-order valence-electron chi connectivity index (χ0n) is 25.6. The van der Waals surface area contributed by atoms with Crippen LogP contribution in [0.25, 0.3) is 0 Å². The molecule has 2 atom stereocenters. The Morgan fingerprint density at radius 1 is 0.886 bits per heavy atom. The van der Waals surface area contributed by atoms with Crippen molar-refractivity contribution in [2.75, 3.05) is 14.2 Å². The molecule has 244 valence electrons. The van der Waals surface area contributed by atoms with Gasteiger partial charge in [-0.2, -0.15) is 0 Å². The molecule has 0 saturated heterocycles. The Morgan fingerprint density at radius 3 is 1.68 bits per heavy atom. The van der Waals surface area contributed by atoms with Gasteiger partial charge in [0.15, 0.2) is 0 Å². The van der Waals surface area contributed by atoms with Crippen molar-refractivity contribution in [3.63, 3.8) is 0 Å². The van der Waals surface area contributed by atoms with E-state index < -0.39 is 17.7 Å². The quantitative estimate of drug-likeness (QED) is 0.192. The first-order valence-electron chi connectivity index (χ1n) is 14.1. The fraction of sp³-hybridized carbons (Fsp3) is 0.484. The van der Waals surface area contributed by atoms with E-state index in [1.165, 1.54) is 26.9 Å². The fourth-order valence-electron chi connectivity index (χ4n) is 4.42. The Hall–Kier alpha value is -3.70. The third-order valence-electron chi connectivity index (χ3n) is 7.38. The largest absolute Gasteiger partial charge is 0.503 e. The van der Waals surface area contributed by atoms with Gasteiger partial charge in [0.2, 0.25) is 11.8 Å². The Bertz CT molecular complexity index is 1260. The Morgan fingerprint density at radius 2 is 1.32 bits per heavy atom. The van der Waals surface area contributed by atoms with E-state index in [-0.39, 0.29) is 24.2 Å². The van der Waals surface area contributed by atoms with Gasteiger partial charge in [0, 0.05) is 16.1 Å². The Labute approximate surface area is 267 Å². The number of amides is 2.